The van der Waals surface area contributed by atoms with Crippen LogP contribution < -0.4 is 14.2 Å². The number of aromatic nitrogens is 1. The van der Waals surface area contributed by atoms with Gasteiger partial charge in [-0.2, -0.15) is 0 Å². The number of rotatable bonds is 7. The van der Waals surface area contributed by atoms with Gasteiger partial charge in [0.25, 0.3) is 0 Å². The first-order valence-electron chi connectivity index (χ1n) is 10.2. The molecule has 5 rings (SSSR count). The van der Waals surface area contributed by atoms with Gasteiger partial charge >= 0.3 is 0 Å². The van der Waals surface area contributed by atoms with E-state index in [0.29, 0.717) is 30.0 Å². The minimum Gasteiger partial charge on any atom is -0.454 e. The molecule has 1 aromatic heterocycles. The van der Waals surface area contributed by atoms with Crippen LogP contribution in [0.1, 0.15) is 18.5 Å². The molecule has 0 bridgehead atoms. The van der Waals surface area contributed by atoms with E-state index in [1.165, 1.54) is 24.3 Å². The van der Waals surface area contributed by atoms with Gasteiger partial charge < -0.3 is 18.9 Å². The zero-order valence-electron chi connectivity index (χ0n) is 16.7. The lowest BCUT2D eigenvalue weighted by molar-refractivity contribution is 0.174. The summed E-state index contributed by atoms with van der Waals surface area (Å²) in [7, 11) is -3.64. The van der Waals surface area contributed by atoms with Gasteiger partial charge in [0, 0.05) is 30.1 Å². The average Bonchev–Trinajstić information content (AvgIpc) is 3.47. The van der Waals surface area contributed by atoms with Crippen molar-refractivity contribution in [1.82, 2.24) is 14.8 Å². The van der Waals surface area contributed by atoms with Gasteiger partial charge in [-0.3, -0.25) is 0 Å². The molecule has 10 heteroatoms. The number of hydrogen-bond donors (Lipinski definition) is 1. The van der Waals surface area contributed by atoms with Crippen LogP contribution >= 0.6 is 0 Å². The fourth-order valence-corrected chi connectivity index (χ4v) is 5.35. The standard InChI is InChI=1S/C21H22FN3O5S/c22-14-3-5-17-18(23-30-20(17)10-14)2-1-8-25-9-7-15(12-25)24-31(26,27)16-4-6-19-21(11-16)29-13-28-19/h3-6,10-11,15,24H,1-2,7-9,12-13H2. The van der Waals surface area contributed by atoms with Gasteiger partial charge in [0.2, 0.25) is 16.8 Å². The van der Waals surface area contributed by atoms with Gasteiger partial charge in [-0.25, -0.2) is 17.5 Å². The minimum absolute atomic E-state index is 0.102. The van der Waals surface area contributed by atoms with E-state index in [4.69, 9.17) is 14.0 Å². The monoisotopic (exact) mass is 447 g/mol. The van der Waals surface area contributed by atoms with Crippen LogP contribution in [0.2, 0.25) is 0 Å². The van der Waals surface area contributed by atoms with Gasteiger partial charge in [-0.15, -0.1) is 0 Å². The first-order chi connectivity index (χ1) is 15.0. The maximum atomic E-state index is 13.3. The second-order valence-corrected chi connectivity index (χ2v) is 9.51. The number of halogens is 1. The number of benzene rings is 2. The van der Waals surface area contributed by atoms with Crippen LogP contribution in [0.3, 0.4) is 0 Å². The Balaban J connectivity index is 1.14. The van der Waals surface area contributed by atoms with E-state index in [-0.39, 0.29) is 23.5 Å². The summed E-state index contributed by atoms with van der Waals surface area (Å²) in [6.45, 7) is 2.39. The second kappa shape index (κ2) is 8.10. The molecule has 2 aliphatic rings. The Kier molecular flexibility index (Phi) is 5.28. The number of hydrogen-bond acceptors (Lipinski definition) is 7. The Morgan fingerprint density at radius 3 is 2.94 bits per heavy atom. The molecule has 1 atom stereocenters. The highest BCUT2D eigenvalue weighted by Gasteiger charge is 2.28. The SMILES string of the molecule is O=S(=O)(NC1CCN(CCCc2noc3cc(F)ccc23)C1)c1ccc2c(c1)OCO2. The Hall–Kier alpha value is -2.69. The van der Waals surface area contributed by atoms with Crippen LogP contribution in [0.5, 0.6) is 11.5 Å². The summed E-state index contributed by atoms with van der Waals surface area (Å²) in [6.07, 6.45) is 2.30. The largest absolute Gasteiger partial charge is 0.454 e. The molecule has 1 fully saturated rings. The van der Waals surface area contributed by atoms with Crippen LogP contribution in [0.15, 0.2) is 45.8 Å². The molecule has 1 saturated heterocycles. The van der Waals surface area contributed by atoms with Crippen LogP contribution in [-0.4, -0.2) is 50.9 Å². The Labute approximate surface area is 179 Å². The van der Waals surface area contributed by atoms with E-state index < -0.39 is 10.0 Å². The van der Waals surface area contributed by atoms with E-state index in [9.17, 15) is 12.8 Å². The van der Waals surface area contributed by atoms with Gasteiger partial charge in [0.05, 0.1) is 10.6 Å². The molecule has 0 radical (unpaired) electrons. The lowest BCUT2D eigenvalue weighted by Crippen LogP contribution is -2.37. The molecule has 0 amide bonds. The smallest absolute Gasteiger partial charge is 0.241 e. The van der Waals surface area contributed by atoms with Crippen LogP contribution in [0.25, 0.3) is 11.0 Å². The van der Waals surface area contributed by atoms with Gasteiger partial charge in [0.1, 0.15) is 5.82 Å². The Bertz CT molecular complexity index is 1210. The molecular weight excluding hydrogens is 425 g/mol. The average molecular weight is 447 g/mol. The summed E-state index contributed by atoms with van der Waals surface area (Å²) in [6, 6.07) is 8.91. The highest BCUT2D eigenvalue weighted by molar-refractivity contribution is 7.89. The van der Waals surface area contributed by atoms with Crippen molar-refractivity contribution in [3.05, 3.63) is 47.9 Å². The quantitative estimate of drug-likeness (QED) is 0.595. The summed E-state index contributed by atoms with van der Waals surface area (Å²) >= 11 is 0. The van der Waals surface area contributed by atoms with E-state index in [0.717, 1.165) is 37.0 Å². The number of ether oxygens (including phenoxy) is 2. The molecule has 1 unspecified atom stereocenters. The van der Waals surface area contributed by atoms with Crippen molar-refractivity contribution in [1.29, 1.82) is 0 Å². The zero-order chi connectivity index (χ0) is 21.4. The predicted molar refractivity (Wildman–Crippen MR) is 110 cm³/mol. The lowest BCUT2D eigenvalue weighted by atomic mass is 10.1. The molecule has 31 heavy (non-hydrogen) atoms. The van der Waals surface area contributed by atoms with Gasteiger partial charge in [-0.1, -0.05) is 5.16 Å². The lowest BCUT2D eigenvalue weighted by Gasteiger charge is -2.16. The van der Waals surface area contributed by atoms with E-state index in [1.807, 2.05) is 0 Å². The fraction of sp³-hybridized carbons (Fsp3) is 0.381. The molecule has 2 aliphatic heterocycles. The second-order valence-electron chi connectivity index (χ2n) is 7.80. The zero-order valence-corrected chi connectivity index (χ0v) is 17.5. The molecule has 164 valence electrons. The third-order valence-corrected chi connectivity index (χ3v) is 7.16. The van der Waals surface area contributed by atoms with Crippen molar-refractivity contribution < 1.29 is 26.8 Å². The number of likely N-dealkylation sites (tertiary alicyclic amines) is 1. The molecule has 3 aromatic rings. The number of nitrogens with zero attached hydrogens (tertiary/aromatic N) is 2. The van der Waals surface area contributed by atoms with E-state index in [1.54, 1.807) is 12.1 Å². The van der Waals surface area contributed by atoms with Crippen LogP contribution in [-0.2, 0) is 16.4 Å². The maximum Gasteiger partial charge on any atom is 0.241 e. The number of aryl methyl sites for hydroxylation is 1. The molecular formula is C21H22FN3O5S. The van der Waals surface area contributed by atoms with Crippen LogP contribution in [0, 0.1) is 5.82 Å². The van der Waals surface area contributed by atoms with Gasteiger partial charge in [-0.05, 0) is 56.6 Å². The fourth-order valence-electron chi connectivity index (χ4n) is 4.08. The summed E-state index contributed by atoms with van der Waals surface area (Å²) in [4.78, 5) is 2.40. The molecule has 3 heterocycles. The van der Waals surface area contributed by atoms with Crippen LogP contribution in [0.4, 0.5) is 4.39 Å². The van der Waals surface area contributed by atoms with Crippen molar-refractivity contribution in [3.8, 4) is 11.5 Å². The van der Waals surface area contributed by atoms with Crippen molar-refractivity contribution in [2.45, 2.75) is 30.2 Å². The topological polar surface area (TPSA) is 93.9 Å². The first kappa shape index (κ1) is 20.2. The predicted octanol–water partition coefficient (Wildman–Crippen LogP) is 2.68. The Morgan fingerprint density at radius 1 is 1.16 bits per heavy atom. The molecule has 0 aliphatic carbocycles. The number of nitrogens with one attached hydrogen (secondary N) is 1. The summed E-state index contributed by atoms with van der Waals surface area (Å²) in [5.74, 6) is 0.650. The highest BCUT2D eigenvalue weighted by atomic mass is 32.2. The molecule has 0 saturated carbocycles. The highest BCUT2D eigenvalue weighted by Crippen LogP contribution is 2.34. The maximum absolute atomic E-state index is 13.3. The molecule has 0 spiro atoms. The van der Waals surface area contributed by atoms with Gasteiger partial charge in [0.15, 0.2) is 17.1 Å². The number of sulfonamides is 1. The number of fused-ring (bicyclic) bond motifs is 2. The molecule has 8 nitrogen and oxygen atoms in total. The first-order valence-corrected chi connectivity index (χ1v) is 11.6. The van der Waals surface area contributed by atoms with Crippen molar-refractivity contribution in [2.75, 3.05) is 26.4 Å². The third-order valence-electron chi connectivity index (χ3n) is 5.65. The third kappa shape index (κ3) is 4.23. The molecule has 2 aromatic carbocycles. The van der Waals surface area contributed by atoms with Crippen molar-refractivity contribution in [2.24, 2.45) is 0 Å². The van der Waals surface area contributed by atoms with E-state index in [2.05, 4.69) is 14.8 Å². The minimum atomic E-state index is -3.64. The summed E-state index contributed by atoms with van der Waals surface area (Å²) in [5.41, 5.74) is 1.27. The van der Waals surface area contributed by atoms with Crippen molar-refractivity contribution >= 4 is 21.0 Å². The van der Waals surface area contributed by atoms with E-state index >= 15 is 0 Å². The summed E-state index contributed by atoms with van der Waals surface area (Å²) < 4.78 is 57.3. The van der Waals surface area contributed by atoms with Crippen molar-refractivity contribution in [3.63, 3.8) is 0 Å². The molecule has 1 N–H and O–H groups in total. The summed E-state index contributed by atoms with van der Waals surface area (Å²) in [5, 5.41) is 4.88. The Morgan fingerprint density at radius 2 is 2.03 bits per heavy atom. The normalized spacial score (nSPS) is 18.8.